The molecule has 0 radical (unpaired) electrons. The van der Waals surface area contributed by atoms with Crippen LogP contribution in [0.5, 0.6) is 11.8 Å². The first-order chi connectivity index (χ1) is 20.8. The van der Waals surface area contributed by atoms with Crippen molar-refractivity contribution >= 4 is 27.5 Å². The number of hydrogen-bond acceptors (Lipinski definition) is 8. The van der Waals surface area contributed by atoms with Crippen molar-refractivity contribution in [1.29, 1.82) is 0 Å². The molecule has 0 amide bonds. The molecule has 11 heteroatoms. The van der Waals surface area contributed by atoms with Gasteiger partial charge in [-0.2, -0.15) is 9.97 Å². The fourth-order valence-electron chi connectivity index (χ4n) is 7.40. The number of piperidine rings is 1. The van der Waals surface area contributed by atoms with Crippen LogP contribution in [-0.4, -0.2) is 75.5 Å². The molecule has 0 aliphatic carbocycles. The number of nitrogens with zero attached hydrogens (tertiary/aromatic N) is 5. The van der Waals surface area contributed by atoms with Gasteiger partial charge < -0.3 is 20.5 Å². The zero-order valence-corrected chi connectivity index (χ0v) is 24.1. The van der Waals surface area contributed by atoms with E-state index in [1.165, 1.54) is 24.4 Å². The molecule has 0 unspecified atom stereocenters. The Morgan fingerprint density at radius 3 is 2.81 bits per heavy atom. The molecule has 4 aromatic rings. The second kappa shape index (κ2) is 10.8. The molecule has 43 heavy (non-hydrogen) atoms. The highest BCUT2D eigenvalue weighted by molar-refractivity contribution is 6.01. The Bertz CT molecular complexity index is 1720. The summed E-state index contributed by atoms with van der Waals surface area (Å²) in [6.45, 7) is 4.45. The number of rotatable bonds is 6. The number of halogens is 3. The van der Waals surface area contributed by atoms with Crippen LogP contribution in [0.4, 0.5) is 19.0 Å². The van der Waals surface area contributed by atoms with Gasteiger partial charge in [-0.05, 0) is 73.2 Å². The van der Waals surface area contributed by atoms with Gasteiger partial charge in [0.15, 0.2) is 5.82 Å². The predicted octanol–water partition coefficient (Wildman–Crippen LogP) is 5.27. The van der Waals surface area contributed by atoms with Crippen LogP contribution < -0.4 is 15.4 Å². The number of aromatic nitrogens is 3. The zero-order chi connectivity index (χ0) is 29.9. The molecule has 7 rings (SSSR count). The van der Waals surface area contributed by atoms with Gasteiger partial charge in [0.2, 0.25) is 0 Å². The lowest BCUT2D eigenvalue weighted by molar-refractivity contribution is 0.107. The van der Waals surface area contributed by atoms with Crippen molar-refractivity contribution in [3.8, 4) is 23.0 Å². The van der Waals surface area contributed by atoms with Crippen LogP contribution >= 0.6 is 0 Å². The number of aryl methyl sites for hydroxylation is 1. The molecule has 0 bridgehead atoms. The van der Waals surface area contributed by atoms with E-state index in [0.29, 0.717) is 60.0 Å². The standard InChI is InChI=1S/C32H35F3N6O2/c1-2-22-25(34)7-6-18-11-21(42)12-23(26(18)22)28-27(35)29-24(14-37-28)30(40-9-3-5-20(36)16-40)39-31(38-29)43-17-32-8-4-10-41(32)15-19(33)13-32/h6-7,11-12,14,19-20,42H,2-5,8-10,13,15-17,36H2,1H3/t19-,20-,32+/m1/s1. The summed E-state index contributed by atoms with van der Waals surface area (Å²) in [7, 11) is 0. The quantitative estimate of drug-likeness (QED) is 0.312. The Morgan fingerprint density at radius 2 is 2.00 bits per heavy atom. The summed E-state index contributed by atoms with van der Waals surface area (Å²) in [4.78, 5) is 17.9. The van der Waals surface area contributed by atoms with E-state index in [9.17, 15) is 13.9 Å². The number of ether oxygens (including phenoxy) is 1. The van der Waals surface area contributed by atoms with Crippen molar-refractivity contribution in [2.75, 3.05) is 37.7 Å². The van der Waals surface area contributed by atoms with Crippen LogP contribution in [0.25, 0.3) is 32.9 Å². The van der Waals surface area contributed by atoms with Crippen molar-refractivity contribution in [2.24, 2.45) is 5.73 Å². The summed E-state index contributed by atoms with van der Waals surface area (Å²) in [5.74, 6) is -0.747. The highest BCUT2D eigenvalue weighted by Gasteiger charge is 2.49. The highest BCUT2D eigenvalue weighted by Crippen LogP contribution is 2.42. The Morgan fingerprint density at radius 1 is 1.14 bits per heavy atom. The summed E-state index contributed by atoms with van der Waals surface area (Å²) in [6.07, 6.45) is 4.89. The Hall–Kier alpha value is -3.70. The van der Waals surface area contributed by atoms with Crippen LogP contribution in [0, 0.1) is 11.6 Å². The lowest BCUT2D eigenvalue weighted by Gasteiger charge is -2.33. The first-order valence-corrected chi connectivity index (χ1v) is 15.1. The number of pyridine rings is 1. The number of alkyl halides is 1. The molecule has 2 aromatic heterocycles. The molecular formula is C32H35F3N6O2. The third-order valence-electron chi connectivity index (χ3n) is 9.39. The summed E-state index contributed by atoms with van der Waals surface area (Å²) in [6, 6.07) is 5.78. The van der Waals surface area contributed by atoms with E-state index in [1.54, 1.807) is 6.07 Å². The number of phenols is 1. The SMILES string of the molecule is CCc1c(F)ccc2cc(O)cc(-c3ncc4c(N5CCC[C@@H](N)C5)nc(OC[C@@]56CCCN5C[C@H](F)C6)nc4c3F)c12. The maximum atomic E-state index is 16.7. The topological polar surface area (TPSA) is 101 Å². The summed E-state index contributed by atoms with van der Waals surface area (Å²) in [5, 5.41) is 12.0. The van der Waals surface area contributed by atoms with E-state index in [2.05, 4.69) is 14.9 Å². The molecule has 3 aliphatic rings. The molecule has 0 saturated carbocycles. The van der Waals surface area contributed by atoms with E-state index < -0.39 is 23.3 Å². The molecule has 8 nitrogen and oxygen atoms in total. The smallest absolute Gasteiger partial charge is 0.319 e. The molecule has 226 valence electrons. The monoisotopic (exact) mass is 592 g/mol. The number of fused-ring (bicyclic) bond motifs is 3. The molecule has 3 N–H and O–H groups in total. The molecule has 3 saturated heterocycles. The van der Waals surface area contributed by atoms with Gasteiger partial charge in [0.25, 0.3) is 0 Å². The normalized spacial score (nSPS) is 24.3. The third-order valence-corrected chi connectivity index (χ3v) is 9.39. The fraction of sp³-hybridized carbons (Fsp3) is 0.469. The van der Waals surface area contributed by atoms with Gasteiger partial charge in [0.05, 0.1) is 10.9 Å². The number of phenolic OH excluding ortho intramolecular Hbond substituents is 1. The third kappa shape index (κ3) is 4.82. The molecule has 3 aliphatic heterocycles. The zero-order valence-electron chi connectivity index (χ0n) is 24.1. The summed E-state index contributed by atoms with van der Waals surface area (Å²) < 4.78 is 52.1. The second-order valence-corrected chi connectivity index (χ2v) is 12.2. The molecule has 0 spiro atoms. The minimum Gasteiger partial charge on any atom is -0.508 e. The van der Waals surface area contributed by atoms with E-state index >= 15 is 4.39 Å². The van der Waals surface area contributed by atoms with Crippen LogP contribution in [0.2, 0.25) is 0 Å². The minimum absolute atomic E-state index is 0.00212. The van der Waals surface area contributed by atoms with E-state index in [1.807, 2.05) is 11.8 Å². The number of hydrogen-bond donors (Lipinski definition) is 2. The van der Waals surface area contributed by atoms with E-state index in [4.69, 9.17) is 15.5 Å². The molecular weight excluding hydrogens is 557 g/mol. The summed E-state index contributed by atoms with van der Waals surface area (Å²) >= 11 is 0. The molecule has 3 atom stereocenters. The van der Waals surface area contributed by atoms with Crippen LogP contribution in [0.1, 0.15) is 44.6 Å². The van der Waals surface area contributed by atoms with Gasteiger partial charge >= 0.3 is 6.01 Å². The number of aromatic hydroxyl groups is 1. The van der Waals surface area contributed by atoms with E-state index in [-0.39, 0.29) is 41.2 Å². The number of nitrogens with two attached hydrogens (primary N) is 1. The van der Waals surface area contributed by atoms with Crippen molar-refractivity contribution in [2.45, 2.75) is 63.2 Å². The highest BCUT2D eigenvalue weighted by atomic mass is 19.1. The largest absolute Gasteiger partial charge is 0.508 e. The van der Waals surface area contributed by atoms with Crippen LogP contribution in [0.3, 0.4) is 0 Å². The maximum absolute atomic E-state index is 16.7. The van der Waals surface area contributed by atoms with Crippen LogP contribution in [-0.2, 0) is 6.42 Å². The maximum Gasteiger partial charge on any atom is 0.319 e. The van der Waals surface area contributed by atoms with Crippen LogP contribution in [0.15, 0.2) is 30.5 Å². The Kier molecular flexibility index (Phi) is 7.04. The van der Waals surface area contributed by atoms with Crippen molar-refractivity contribution in [1.82, 2.24) is 19.9 Å². The van der Waals surface area contributed by atoms with Gasteiger partial charge in [-0.1, -0.05) is 13.0 Å². The lowest BCUT2D eigenvalue weighted by atomic mass is 9.94. The first kappa shape index (κ1) is 28.1. The van der Waals surface area contributed by atoms with Gasteiger partial charge in [0.1, 0.15) is 41.4 Å². The fourth-order valence-corrected chi connectivity index (χ4v) is 7.40. The van der Waals surface area contributed by atoms with Crippen molar-refractivity contribution < 1.29 is 23.0 Å². The minimum atomic E-state index is -0.909. The van der Waals surface area contributed by atoms with Gasteiger partial charge in [-0.3, -0.25) is 9.88 Å². The van der Waals surface area contributed by atoms with Gasteiger partial charge in [-0.25, -0.2) is 13.2 Å². The second-order valence-electron chi connectivity index (χ2n) is 12.2. The van der Waals surface area contributed by atoms with Gasteiger partial charge in [-0.15, -0.1) is 0 Å². The molecule has 3 fully saturated rings. The van der Waals surface area contributed by atoms with Crippen molar-refractivity contribution in [3.05, 3.63) is 47.7 Å². The first-order valence-electron chi connectivity index (χ1n) is 15.1. The average molecular weight is 593 g/mol. The summed E-state index contributed by atoms with van der Waals surface area (Å²) in [5.41, 5.74) is 6.50. The number of benzene rings is 2. The Labute approximate surface area is 247 Å². The van der Waals surface area contributed by atoms with E-state index in [0.717, 1.165) is 32.2 Å². The lowest BCUT2D eigenvalue weighted by Crippen LogP contribution is -2.44. The Balaban J connectivity index is 1.37. The van der Waals surface area contributed by atoms with Gasteiger partial charge in [0, 0.05) is 43.9 Å². The molecule has 5 heterocycles. The number of anilines is 1. The average Bonchev–Trinajstić information content (AvgIpc) is 3.51. The van der Waals surface area contributed by atoms with Crippen molar-refractivity contribution in [3.63, 3.8) is 0 Å². The predicted molar refractivity (Wildman–Crippen MR) is 159 cm³/mol. The molecule has 2 aromatic carbocycles.